The van der Waals surface area contributed by atoms with E-state index in [2.05, 4.69) is 16.5 Å². The van der Waals surface area contributed by atoms with Crippen LogP contribution in [0.1, 0.15) is 49.1 Å². The molecule has 8 heteroatoms. The van der Waals surface area contributed by atoms with Gasteiger partial charge in [-0.1, -0.05) is 56.3 Å². The molecule has 0 spiro atoms. The zero-order valence-electron chi connectivity index (χ0n) is 20.8. The number of rotatable bonds is 8. The highest BCUT2D eigenvalue weighted by Crippen LogP contribution is 2.25. The third-order valence-electron chi connectivity index (χ3n) is 6.45. The predicted octanol–water partition coefficient (Wildman–Crippen LogP) is 3.37. The molecular formula is C28H32N6O2. The number of benzene rings is 2. The number of aromatic nitrogens is 2. The smallest absolute Gasteiger partial charge is 0.243 e. The van der Waals surface area contributed by atoms with E-state index in [9.17, 15) is 14.9 Å². The molecule has 1 aromatic heterocycles. The molecule has 2 heterocycles. The predicted molar refractivity (Wildman–Crippen MR) is 138 cm³/mol. The number of carbonyl (C=O) groups excluding carboxylic acids is 2. The van der Waals surface area contributed by atoms with Crippen LogP contribution in [0.25, 0.3) is 5.69 Å². The Balaban J connectivity index is 1.40. The largest absolute Gasteiger partial charge is 0.382 e. The highest BCUT2D eigenvalue weighted by atomic mass is 16.2. The van der Waals surface area contributed by atoms with Crippen molar-refractivity contribution in [2.75, 3.05) is 12.3 Å². The molecule has 1 aliphatic rings. The van der Waals surface area contributed by atoms with E-state index in [1.807, 2.05) is 68.4 Å². The Hall–Kier alpha value is -4.12. The summed E-state index contributed by atoms with van der Waals surface area (Å²) in [7, 11) is 0. The van der Waals surface area contributed by atoms with Crippen LogP contribution in [0, 0.1) is 17.2 Å². The van der Waals surface area contributed by atoms with Crippen molar-refractivity contribution in [3.05, 3.63) is 77.0 Å². The Morgan fingerprint density at radius 3 is 2.53 bits per heavy atom. The van der Waals surface area contributed by atoms with Crippen LogP contribution >= 0.6 is 0 Å². The van der Waals surface area contributed by atoms with Gasteiger partial charge in [0.05, 0.1) is 11.4 Å². The van der Waals surface area contributed by atoms with Gasteiger partial charge in [0.25, 0.3) is 0 Å². The Bertz CT molecular complexity index is 1270. The SMILES string of the molecule is CC(C)CC(=O)N1Cc2ccccc2CC1C(=O)NCCCc1nn(-c2ccccc2)c(N)c1C#N. The van der Waals surface area contributed by atoms with Crippen LogP contribution in [0.2, 0.25) is 0 Å². The fraction of sp³-hybridized carbons (Fsp3) is 0.357. The molecule has 2 aromatic carbocycles. The fourth-order valence-electron chi connectivity index (χ4n) is 4.61. The zero-order valence-corrected chi connectivity index (χ0v) is 20.8. The molecule has 0 bridgehead atoms. The van der Waals surface area contributed by atoms with Crippen LogP contribution in [0.4, 0.5) is 5.82 Å². The lowest BCUT2D eigenvalue weighted by atomic mass is 9.92. The van der Waals surface area contributed by atoms with Crippen molar-refractivity contribution in [2.24, 2.45) is 5.92 Å². The topological polar surface area (TPSA) is 117 Å². The quantitative estimate of drug-likeness (QED) is 0.476. The summed E-state index contributed by atoms with van der Waals surface area (Å²) in [6.45, 7) is 4.87. The molecule has 1 unspecified atom stereocenters. The third-order valence-corrected chi connectivity index (χ3v) is 6.45. The summed E-state index contributed by atoms with van der Waals surface area (Å²) >= 11 is 0. The first kappa shape index (κ1) is 25.0. The normalized spacial score (nSPS) is 14.8. The van der Waals surface area contributed by atoms with Crippen LogP contribution in [0.5, 0.6) is 0 Å². The summed E-state index contributed by atoms with van der Waals surface area (Å²) in [6.07, 6.45) is 2.00. The lowest BCUT2D eigenvalue weighted by Gasteiger charge is -2.36. The molecule has 1 atom stereocenters. The molecule has 186 valence electrons. The average molecular weight is 485 g/mol. The number of anilines is 1. The van der Waals surface area contributed by atoms with Gasteiger partial charge >= 0.3 is 0 Å². The maximum absolute atomic E-state index is 13.2. The highest BCUT2D eigenvalue weighted by Gasteiger charge is 2.34. The van der Waals surface area contributed by atoms with Crippen molar-refractivity contribution in [1.82, 2.24) is 20.0 Å². The van der Waals surface area contributed by atoms with E-state index in [1.165, 1.54) is 0 Å². The summed E-state index contributed by atoms with van der Waals surface area (Å²) < 4.78 is 1.57. The molecule has 0 saturated carbocycles. The van der Waals surface area contributed by atoms with Crippen molar-refractivity contribution in [2.45, 2.75) is 52.1 Å². The molecule has 8 nitrogen and oxygen atoms in total. The summed E-state index contributed by atoms with van der Waals surface area (Å²) in [5, 5.41) is 17.2. The number of hydrogen-bond acceptors (Lipinski definition) is 5. The Kier molecular flexibility index (Phi) is 7.69. The van der Waals surface area contributed by atoms with Gasteiger partial charge in [0, 0.05) is 25.9 Å². The van der Waals surface area contributed by atoms with E-state index in [4.69, 9.17) is 5.73 Å². The van der Waals surface area contributed by atoms with Gasteiger partial charge in [-0.05, 0) is 42.0 Å². The number of nitriles is 1. The summed E-state index contributed by atoms with van der Waals surface area (Å²) in [5.74, 6) is 0.371. The van der Waals surface area contributed by atoms with E-state index in [0.29, 0.717) is 55.8 Å². The number of nitrogen functional groups attached to an aromatic ring is 1. The molecule has 0 aliphatic carbocycles. The monoisotopic (exact) mass is 484 g/mol. The second kappa shape index (κ2) is 11.1. The van der Waals surface area contributed by atoms with Gasteiger partial charge in [0.15, 0.2) is 0 Å². The number of fused-ring (bicyclic) bond motifs is 1. The van der Waals surface area contributed by atoms with Gasteiger partial charge in [-0.25, -0.2) is 4.68 Å². The molecular weight excluding hydrogens is 452 g/mol. The Morgan fingerprint density at radius 1 is 1.14 bits per heavy atom. The van der Waals surface area contributed by atoms with E-state index >= 15 is 0 Å². The van der Waals surface area contributed by atoms with Crippen LogP contribution in [0.15, 0.2) is 54.6 Å². The zero-order chi connectivity index (χ0) is 25.7. The Morgan fingerprint density at radius 2 is 1.83 bits per heavy atom. The fourth-order valence-corrected chi connectivity index (χ4v) is 4.61. The molecule has 2 amide bonds. The van der Waals surface area contributed by atoms with Gasteiger partial charge in [-0.15, -0.1) is 0 Å². The molecule has 4 rings (SSSR count). The second-order valence-corrected chi connectivity index (χ2v) is 9.57. The number of nitrogens with one attached hydrogen (secondary N) is 1. The minimum Gasteiger partial charge on any atom is -0.382 e. The van der Waals surface area contributed by atoms with Gasteiger partial charge in [-0.2, -0.15) is 10.4 Å². The molecule has 0 saturated heterocycles. The van der Waals surface area contributed by atoms with Crippen LogP contribution in [-0.4, -0.2) is 39.1 Å². The average Bonchev–Trinajstić information content (AvgIpc) is 3.20. The van der Waals surface area contributed by atoms with Gasteiger partial charge in [-0.3, -0.25) is 9.59 Å². The summed E-state index contributed by atoms with van der Waals surface area (Å²) in [5.41, 5.74) is 10.1. The summed E-state index contributed by atoms with van der Waals surface area (Å²) in [4.78, 5) is 27.9. The molecule has 36 heavy (non-hydrogen) atoms. The van der Waals surface area contributed by atoms with Crippen molar-refractivity contribution in [3.63, 3.8) is 0 Å². The van der Waals surface area contributed by atoms with Crippen molar-refractivity contribution < 1.29 is 9.59 Å². The van der Waals surface area contributed by atoms with Crippen LogP contribution < -0.4 is 11.1 Å². The minimum absolute atomic E-state index is 0.000224. The number of para-hydroxylation sites is 1. The van der Waals surface area contributed by atoms with E-state index in [1.54, 1.807) is 9.58 Å². The number of nitrogens with two attached hydrogens (primary N) is 1. The standard InChI is InChI=1S/C28H32N6O2/c1-19(2)15-26(35)33-18-21-10-7-6-9-20(21)16-25(33)28(36)31-14-8-13-24-23(17-29)27(30)34(32-24)22-11-4-3-5-12-22/h3-7,9-12,19,25H,8,13-16,18,30H2,1-2H3,(H,31,36). The maximum atomic E-state index is 13.2. The van der Waals surface area contributed by atoms with E-state index in [-0.39, 0.29) is 17.7 Å². The van der Waals surface area contributed by atoms with Crippen LogP contribution in [0.3, 0.4) is 0 Å². The first-order chi connectivity index (χ1) is 17.4. The molecule has 0 radical (unpaired) electrons. The number of aryl methyl sites for hydroxylation is 1. The van der Waals surface area contributed by atoms with Crippen molar-refractivity contribution in [3.8, 4) is 11.8 Å². The first-order valence-corrected chi connectivity index (χ1v) is 12.4. The molecule has 3 aromatic rings. The third kappa shape index (κ3) is 5.41. The molecule has 1 aliphatic heterocycles. The molecule has 0 fully saturated rings. The first-order valence-electron chi connectivity index (χ1n) is 12.4. The van der Waals surface area contributed by atoms with Gasteiger partial charge < -0.3 is 16.0 Å². The number of nitrogens with zero attached hydrogens (tertiary/aromatic N) is 4. The lowest BCUT2D eigenvalue weighted by Crippen LogP contribution is -2.52. The van der Waals surface area contributed by atoms with E-state index in [0.717, 1.165) is 16.8 Å². The number of amides is 2. The maximum Gasteiger partial charge on any atom is 0.243 e. The summed E-state index contributed by atoms with van der Waals surface area (Å²) in [6, 6.07) is 19.0. The van der Waals surface area contributed by atoms with E-state index < -0.39 is 6.04 Å². The minimum atomic E-state index is -0.534. The van der Waals surface area contributed by atoms with Crippen molar-refractivity contribution in [1.29, 1.82) is 5.26 Å². The Labute approximate surface area is 211 Å². The van der Waals surface area contributed by atoms with Gasteiger partial charge in [0.1, 0.15) is 23.5 Å². The lowest BCUT2D eigenvalue weighted by molar-refractivity contribution is -0.142. The number of hydrogen-bond donors (Lipinski definition) is 2. The highest BCUT2D eigenvalue weighted by molar-refractivity contribution is 5.88. The van der Waals surface area contributed by atoms with Crippen LogP contribution in [-0.2, 0) is 29.0 Å². The number of carbonyl (C=O) groups is 2. The molecule has 3 N–H and O–H groups in total. The second-order valence-electron chi connectivity index (χ2n) is 9.57. The van der Waals surface area contributed by atoms with Crippen molar-refractivity contribution >= 4 is 17.6 Å². The van der Waals surface area contributed by atoms with Gasteiger partial charge in [0.2, 0.25) is 11.8 Å².